The van der Waals surface area contributed by atoms with Crippen molar-refractivity contribution in [1.82, 2.24) is 5.32 Å². The molecule has 0 heterocycles. The number of hydrogen-bond acceptors (Lipinski definition) is 3. The Kier molecular flexibility index (Phi) is 6.46. The van der Waals surface area contributed by atoms with E-state index in [1.54, 1.807) is 0 Å². The third-order valence-corrected chi connectivity index (χ3v) is 2.45. The summed E-state index contributed by atoms with van der Waals surface area (Å²) in [4.78, 5) is 21.8. The van der Waals surface area contributed by atoms with Crippen LogP contribution in [0.2, 0.25) is 0 Å². The molecule has 98 valence electrons. The number of carbonyl (C=O) groups is 2. The van der Waals surface area contributed by atoms with Gasteiger partial charge in [-0.1, -0.05) is 33.6 Å². The van der Waals surface area contributed by atoms with Crippen molar-refractivity contribution < 1.29 is 14.7 Å². The van der Waals surface area contributed by atoms with Crippen LogP contribution in [0.4, 0.5) is 4.79 Å². The van der Waals surface area contributed by atoms with Crippen LogP contribution < -0.4 is 5.32 Å². The Morgan fingerprint density at radius 1 is 1.35 bits per heavy atom. The van der Waals surface area contributed by atoms with Crippen LogP contribution in [-0.2, 0) is 4.79 Å². The van der Waals surface area contributed by atoms with Gasteiger partial charge in [-0.25, -0.2) is 4.79 Å². The monoisotopic (exact) mass is 242 g/mol. The van der Waals surface area contributed by atoms with Gasteiger partial charge in [-0.2, -0.15) is 0 Å². The maximum Gasteiger partial charge on any atom is 0.405 e. The van der Waals surface area contributed by atoms with Crippen molar-refractivity contribution >= 4 is 18.1 Å². The molecular weight excluding hydrogens is 220 g/mol. The predicted octanol–water partition coefficient (Wildman–Crippen LogP) is 2.45. The van der Waals surface area contributed by atoms with E-state index in [2.05, 4.69) is 26.1 Å². The van der Waals surface area contributed by atoms with E-state index in [9.17, 15) is 9.59 Å². The highest BCUT2D eigenvalue weighted by Gasteiger charge is 2.18. The van der Waals surface area contributed by atoms with E-state index in [0.29, 0.717) is 12.6 Å². The number of unbranched alkanes of at least 4 members (excludes halogenated alkanes) is 1. The van der Waals surface area contributed by atoms with Crippen molar-refractivity contribution in [3.8, 4) is 0 Å². The number of Topliss-reactive ketones (excluding diaryl/α,β-unsaturated/α-hetero) is 1. The second-order valence-corrected chi connectivity index (χ2v) is 5.36. The van der Waals surface area contributed by atoms with Gasteiger partial charge in [-0.05, 0) is 18.3 Å². The zero-order valence-corrected chi connectivity index (χ0v) is 10.7. The van der Waals surface area contributed by atoms with Crippen LogP contribution in [0.3, 0.4) is 0 Å². The SMILES string of the molecule is CC(C)(C)CCCC[C@H](NC(=O)O)C(=O)C=N. The lowest BCUT2D eigenvalue weighted by molar-refractivity contribution is -0.114. The van der Waals surface area contributed by atoms with Gasteiger partial charge in [0, 0.05) is 0 Å². The van der Waals surface area contributed by atoms with Crippen LogP contribution in [0.25, 0.3) is 0 Å². The van der Waals surface area contributed by atoms with Crippen LogP contribution in [0.5, 0.6) is 0 Å². The number of carbonyl (C=O) groups excluding carboxylic acids is 1. The molecule has 0 aromatic heterocycles. The molecule has 0 aliphatic heterocycles. The zero-order chi connectivity index (χ0) is 13.5. The van der Waals surface area contributed by atoms with Gasteiger partial charge in [0.05, 0.1) is 12.3 Å². The minimum Gasteiger partial charge on any atom is -0.465 e. The maximum atomic E-state index is 11.3. The molecule has 0 radical (unpaired) electrons. The first-order valence-corrected chi connectivity index (χ1v) is 5.80. The minimum atomic E-state index is -1.22. The van der Waals surface area contributed by atoms with Crippen LogP contribution >= 0.6 is 0 Å². The zero-order valence-electron chi connectivity index (χ0n) is 10.7. The van der Waals surface area contributed by atoms with Gasteiger partial charge in [0.1, 0.15) is 0 Å². The summed E-state index contributed by atoms with van der Waals surface area (Å²) >= 11 is 0. The van der Waals surface area contributed by atoms with Crippen molar-refractivity contribution in [3.05, 3.63) is 0 Å². The number of amides is 1. The normalized spacial score (nSPS) is 12.9. The highest BCUT2D eigenvalue weighted by molar-refractivity contribution is 6.29. The maximum absolute atomic E-state index is 11.3. The summed E-state index contributed by atoms with van der Waals surface area (Å²) in [6.07, 6.45) is 2.67. The molecule has 0 aromatic carbocycles. The molecule has 0 bridgehead atoms. The van der Waals surface area contributed by atoms with Crippen LogP contribution in [-0.4, -0.2) is 29.2 Å². The molecule has 3 N–H and O–H groups in total. The number of ketones is 1. The van der Waals surface area contributed by atoms with Gasteiger partial charge in [0.25, 0.3) is 0 Å². The van der Waals surface area contributed by atoms with Crippen molar-refractivity contribution in [1.29, 1.82) is 5.41 Å². The van der Waals surface area contributed by atoms with Gasteiger partial charge in [-0.3, -0.25) is 4.79 Å². The van der Waals surface area contributed by atoms with E-state index in [0.717, 1.165) is 19.3 Å². The molecule has 0 saturated carbocycles. The lowest BCUT2D eigenvalue weighted by Crippen LogP contribution is -2.40. The fourth-order valence-electron chi connectivity index (χ4n) is 1.54. The quantitative estimate of drug-likeness (QED) is 0.473. The summed E-state index contributed by atoms with van der Waals surface area (Å²) in [6.45, 7) is 6.42. The second-order valence-electron chi connectivity index (χ2n) is 5.36. The Labute approximate surface area is 102 Å². The average molecular weight is 242 g/mol. The molecule has 0 unspecified atom stereocenters. The molecule has 1 atom stereocenters. The summed E-state index contributed by atoms with van der Waals surface area (Å²) in [7, 11) is 0. The fourth-order valence-corrected chi connectivity index (χ4v) is 1.54. The standard InChI is InChI=1S/C12H22N2O3/c1-12(2,3)7-5-4-6-9(10(15)8-13)14-11(16)17/h8-9,13-14H,4-7H2,1-3H3,(H,16,17)/t9-/m0/s1. The van der Waals surface area contributed by atoms with Gasteiger partial charge < -0.3 is 15.8 Å². The van der Waals surface area contributed by atoms with Gasteiger partial charge in [-0.15, -0.1) is 0 Å². The molecule has 0 rings (SSSR count). The second kappa shape index (κ2) is 7.04. The lowest BCUT2D eigenvalue weighted by Gasteiger charge is -2.18. The molecule has 5 nitrogen and oxygen atoms in total. The molecule has 5 heteroatoms. The summed E-state index contributed by atoms with van der Waals surface area (Å²) in [5.74, 6) is -0.483. The number of rotatable bonds is 7. The van der Waals surface area contributed by atoms with Crippen molar-refractivity contribution in [3.63, 3.8) is 0 Å². The largest absolute Gasteiger partial charge is 0.465 e. The summed E-state index contributed by atoms with van der Waals surface area (Å²) in [6, 6.07) is -0.773. The Hall–Kier alpha value is -1.39. The molecule has 0 aliphatic rings. The highest BCUT2D eigenvalue weighted by Crippen LogP contribution is 2.22. The molecule has 0 spiro atoms. The summed E-state index contributed by atoms with van der Waals surface area (Å²) in [5, 5.41) is 17.6. The van der Waals surface area contributed by atoms with Crippen molar-refractivity contribution in [2.45, 2.75) is 52.5 Å². The number of nitrogens with one attached hydrogen (secondary N) is 2. The predicted molar refractivity (Wildman–Crippen MR) is 66.7 cm³/mol. The number of carboxylic acid groups (broad SMARTS) is 1. The Balaban J connectivity index is 4.04. The van der Waals surface area contributed by atoms with E-state index in [1.807, 2.05) is 0 Å². The smallest absolute Gasteiger partial charge is 0.405 e. The highest BCUT2D eigenvalue weighted by atomic mass is 16.4. The Morgan fingerprint density at radius 2 is 1.94 bits per heavy atom. The van der Waals surface area contributed by atoms with E-state index in [4.69, 9.17) is 10.5 Å². The molecule has 0 aliphatic carbocycles. The Bertz CT molecular complexity index is 282. The van der Waals surface area contributed by atoms with Crippen LogP contribution in [0.15, 0.2) is 0 Å². The van der Waals surface area contributed by atoms with Crippen LogP contribution in [0, 0.1) is 10.8 Å². The van der Waals surface area contributed by atoms with Gasteiger partial charge in [0.15, 0.2) is 5.78 Å². The van der Waals surface area contributed by atoms with E-state index in [1.165, 1.54) is 0 Å². The van der Waals surface area contributed by atoms with Crippen molar-refractivity contribution in [2.24, 2.45) is 5.41 Å². The van der Waals surface area contributed by atoms with Gasteiger partial charge in [0.2, 0.25) is 0 Å². The Morgan fingerprint density at radius 3 is 2.35 bits per heavy atom. The first-order chi connectivity index (χ1) is 7.76. The first kappa shape index (κ1) is 15.6. The molecular formula is C12H22N2O3. The molecule has 0 saturated heterocycles. The topological polar surface area (TPSA) is 90.2 Å². The molecule has 0 fully saturated rings. The first-order valence-electron chi connectivity index (χ1n) is 5.80. The minimum absolute atomic E-state index is 0.251. The van der Waals surface area contributed by atoms with Crippen molar-refractivity contribution in [2.75, 3.05) is 0 Å². The van der Waals surface area contributed by atoms with E-state index >= 15 is 0 Å². The van der Waals surface area contributed by atoms with Crippen LogP contribution in [0.1, 0.15) is 46.5 Å². The van der Waals surface area contributed by atoms with E-state index in [-0.39, 0.29) is 5.41 Å². The third-order valence-electron chi connectivity index (χ3n) is 2.45. The summed E-state index contributed by atoms with van der Waals surface area (Å²) in [5.41, 5.74) is 0.251. The lowest BCUT2D eigenvalue weighted by atomic mass is 9.89. The molecule has 17 heavy (non-hydrogen) atoms. The molecule has 0 aromatic rings. The van der Waals surface area contributed by atoms with E-state index < -0.39 is 17.9 Å². The third kappa shape index (κ3) is 8.42. The molecule has 1 amide bonds. The summed E-state index contributed by atoms with van der Waals surface area (Å²) < 4.78 is 0. The number of hydrogen-bond donors (Lipinski definition) is 3. The fraction of sp³-hybridized carbons (Fsp3) is 0.750. The van der Waals surface area contributed by atoms with Gasteiger partial charge >= 0.3 is 6.09 Å². The average Bonchev–Trinajstić information content (AvgIpc) is 2.19.